The molecule has 6 heteroatoms. The summed E-state index contributed by atoms with van der Waals surface area (Å²) < 4.78 is 1.59. The van der Waals surface area contributed by atoms with Gasteiger partial charge in [0.25, 0.3) is 11.7 Å². The summed E-state index contributed by atoms with van der Waals surface area (Å²) in [4.78, 5) is 37.1. The largest absolute Gasteiger partial charge is 0.481 e. The lowest BCUT2D eigenvalue weighted by atomic mass is 9.92. The number of likely N-dealkylation sites (tertiary alicyclic amines) is 1. The molecular formula is C15H20N2O4. The van der Waals surface area contributed by atoms with Gasteiger partial charge in [0.1, 0.15) is 0 Å². The van der Waals surface area contributed by atoms with Gasteiger partial charge in [-0.3, -0.25) is 14.4 Å². The Morgan fingerprint density at radius 1 is 1.33 bits per heavy atom. The first-order valence-electron chi connectivity index (χ1n) is 7.13. The number of hydrogen-bond acceptors (Lipinski definition) is 3. The zero-order chi connectivity index (χ0) is 15.6. The highest BCUT2D eigenvalue weighted by Gasteiger charge is 2.40. The first kappa shape index (κ1) is 15.3. The number of carbonyl (C=O) groups excluding carboxylic acids is 2. The molecule has 1 aliphatic rings. The Labute approximate surface area is 123 Å². The number of rotatable bonds is 5. The predicted molar refractivity (Wildman–Crippen MR) is 75.8 cm³/mol. The zero-order valence-corrected chi connectivity index (χ0v) is 12.3. The maximum atomic E-state index is 12.3. The van der Waals surface area contributed by atoms with Gasteiger partial charge in [-0.1, -0.05) is 13.3 Å². The molecule has 0 saturated carbocycles. The standard InChI is InChI=1S/C15H20N2O4/c1-3-5-10-8-17(9-11(10)15(20)21)14(19)13(18)12-6-4-7-16(12)2/h4,6-7,10-11H,3,5,8-9H2,1-2H3,(H,20,21)/t10-,11-/m1/s1. The summed E-state index contributed by atoms with van der Waals surface area (Å²) >= 11 is 0. The van der Waals surface area contributed by atoms with Crippen LogP contribution in [0.4, 0.5) is 0 Å². The Balaban J connectivity index is 2.12. The van der Waals surface area contributed by atoms with Crippen LogP contribution in [0.1, 0.15) is 30.3 Å². The van der Waals surface area contributed by atoms with Crippen molar-refractivity contribution in [2.75, 3.05) is 13.1 Å². The lowest BCUT2D eigenvalue weighted by Gasteiger charge is -2.15. The molecule has 2 atom stereocenters. The van der Waals surface area contributed by atoms with E-state index in [1.165, 1.54) is 4.90 Å². The summed E-state index contributed by atoms with van der Waals surface area (Å²) in [6.07, 6.45) is 3.31. The van der Waals surface area contributed by atoms with E-state index in [2.05, 4.69) is 0 Å². The summed E-state index contributed by atoms with van der Waals surface area (Å²) in [6, 6.07) is 3.29. The quantitative estimate of drug-likeness (QED) is 0.652. The smallest absolute Gasteiger partial charge is 0.308 e. The minimum atomic E-state index is -0.893. The number of nitrogens with zero attached hydrogens (tertiary/aromatic N) is 2. The van der Waals surface area contributed by atoms with Crippen LogP contribution in [0, 0.1) is 11.8 Å². The second kappa shape index (κ2) is 6.11. The summed E-state index contributed by atoms with van der Waals surface area (Å²) in [7, 11) is 1.70. The second-order valence-corrected chi connectivity index (χ2v) is 5.54. The third-order valence-electron chi connectivity index (χ3n) is 4.08. The summed E-state index contributed by atoms with van der Waals surface area (Å²) in [5, 5.41) is 9.25. The number of carboxylic acids is 1. The lowest BCUT2D eigenvalue weighted by molar-refractivity contribution is -0.142. The van der Waals surface area contributed by atoms with Crippen molar-refractivity contribution in [1.82, 2.24) is 9.47 Å². The van der Waals surface area contributed by atoms with Gasteiger partial charge in [0.15, 0.2) is 0 Å². The average molecular weight is 292 g/mol. The second-order valence-electron chi connectivity index (χ2n) is 5.54. The van der Waals surface area contributed by atoms with E-state index in [1.807, 2.05) is 6.92 Å². The molecule has 0 aliphatic carbocycles. The summed E-state index contributed by atoms with van der Waals surface area (Å²) in [5.41, 5.74) is 0.325. The highest BCUT2D eigenvalue weighted by molar-refractivity contribution is 6.42. The van der Waals surface area contributed by atoms with E-state index in [4.69, 9.17) is 0 Å². The van der Waals surface area contributed by atoms with Crippen LogP contribution in [0.5, 0.6) is 0 Å². The molecule has 0 aromatic carbocycles. The van der Waals surface area contributed by atoms with Crippen LogP contribution in [0.25, 0.3) is 0 Å². The molecule has 1 saturated heterocycles. The van der Waals surface area contributed by atoms with E-state index < -0.39 is 23.6 Å². The molecule has 1 aromatic rings. The summed E-state index contributed by atoms with van der Waals surface area (Å²) in [6.45, 7) is 2.45. The molecule has 0 unspecified atom stereocenters. The fraction of sp³-hybridized carbons (Fsp3) is 0.533. The van der Waals surface area contributed by atoms with Gasteiger partial charge in [0.2, 0.25) is 0 Å². The Kier molecular flexibility index (Phi) is 4.45. The van der Waals surface area contributed by atoms with Crippen LogP contribution in [0.2, 0.25) is 0 Å². The Morgan fingerprint density at radius 2 is 2.05 bits per heavy atom. The van der Waals surface area contributed by atoms with Crippen molar-refractivity contribution < 1.29 is 19.5 Å². The van der Waals surface area contributed by atoms with E-state index in [-0.39, 0.29) is 12.5 Å². The number of carboxylic acid groups (broad SMARTS) is 1. The average Bonchev–Trinajstić information content (AvgIpc) is 3.04. The molecular weight excluding hydrogens is 272 g/mol. The topological polar surface area (TPSA) is 79.6 Å². The van der Waals surface area contributed by atoms with Gasteiger partial charge in [-0.2, -0.15) is 0 Å². The van der Waals surface area contributed by atoms with E-state index >= 15 is 0 Å². The van der Waals surface area contributed by atoms with Gasteiger partial charge < -0.3 is 14.6 Å². The molecule has 1 amide bonds. The molecule has 0 spiro atoms. The van der Waals surface area contributed by atoms with Crippen molar-refractivity contribution in [2.45, 2.75) is 19.8 Å². The predicted octanol–water partition coefficient (Wildman–Crippen LogP) is 1.17. The number of hydrogen-bond donors (Lipinski definition) is 1. The molecule has 2 rings (SSSR count). The first-order valence-corrected chi connectivity index (χ1v) is 7.13. The van der Waals surface area contributed by atoms with Crippen molar-refractivity contribution in [1.29, 1.82) is 0 Å². The van der Waals surface area contributed by atoms with Crippen LogP contribution >= 0.6 is 0 Å². The van der Waals surface area contributed by atoms with Gasteiger partial charge in [-0.25, -0.2) is 0 Å². The Morgan fingerprint density at radius 3 is 2.57 bits per heavy atom. The third kappa shape index (κ3) is 2.99. The number of Topliss-reactive ketones (excluding diaryl/α,β-unsaturated/α-hetero) is 1. The minimum Gasteiger partial charge on any atom is -0.481 e. The van der Waals surface area contributed by atoms with Gasteiger partial charge in [0, 0.05) is 26.3 Å². The van der Waals surface area contributed by atoms with Gasteiger partial charge >= 0.3 is 5.97 Å². The monoisotopic (exact) mass is 292 g/mol. The van der Waals surface area contributed by atoms with Gasteiger partial charge in [-0.15, -0.1) is 0 Å². The normalized spacial score (nSPS) is 21.5. The molecule has 1 fully saturated rings. The van der Waals surface area contributed by atoms with Crippen molar-refractivity contribution in [3.05, 3.63) is 24.0 Å². The van der Waals surface area contributed by atoms with E-state index in [0.29, 0.717) is 12.2 Å². The van der Waals surface area contributed by atoms with Gasteiger partial charge in [-0.05, 0) is 24.5 Å². The van der Waals surface area contributed by atoms with Crippen molar-refractivity contribution in [3.63, 3.8) is 0 Å². The zero-order valence-electron chi connectivity index (χ0n) is 12.3. The number of carbonyl (C=O) groups is 3. The van der Waals surface area contributed by atoms with E-state index in [9.17, 15) is 19.5 Å². The molecule has 1 aromatic heterocycles. The molecule has 21 heavy (non-hydrogen) atoms. The first-order chi connectivity index (χ1) is 9.95. The molecule has 0 radical (unpaired) electrons. The Bertz CT molecular complexity index is 564. The van der Waals surface area contributed by atoms with Crippen LogP contribution < -0.4 is 0 Å². The van der Waals surface area contributed by atoms with Crippen molar-refractivity contribution in [2.24, 2.45) is 18.9 Å². The lowest BCUT2D eigenvalue weighted by Crippen LogP contribution is -2.36. The van der Waals surface area contributed by atoms with Crippen molar-refractivity contribution in [3.8, 4) is 0 Å². The number of aliphatic carboxylic acids is 1. The Hall–Kier alpha value is -2.11. The molecule has 6 nitrogen and oxygen atoms in total. The number of amides is 1. The van der Waals surface area contributed by atoms with Crippen LogP contribution in [0.15, 0.2) is 18.3 Å². The molecule has 0 bridgehead atoms. The number of ketones is 1. The molecule has 114 valence electrons. The van der Waals surface area contributed by atoms with E-state index in [0.717, 1.165) is 12.8 Å². The summed E-state index contributed by atoms with van der Waals surface area (Å²) in [5.74, 6) is -2.73. The maximum absolute atomic E-state index is 12.3. The van der Waals surface area contributed by atoms with Crippen molar-refractivity contribution >= 4 is 17.7 Å². The number of aryl methyl sites for hydroxylation is 1. The van der Waals surface area contributed by atoms with Gasteiger partial charge in [0.05, 0.1) is 11.6 Å². The maximum Gasteiger partial charge on any atom is 0.308 e. The fourth-order valence-electron chi connectivity index (χ4n) is 2.93. The highest BCUT2D eigenvalue weighted by atomic mass is 16.4. The van der Waals surface area contributed by atoms with E-state index in [1.54, 1.807) is 29.9 Å². The third-order valence-corrected chi connectivity index (χ3v) is 4.08. The molecule has 2 heterocycles. The minimum absolute atomic E-state index is 0.0716. The van der Waals surface area contributed by atoms with Crippen LogP contribution in [-0.4, -0.2) is 45.3 Å². The molecule has 1 aliphatic heterocycles. The molecule has 1 N–H and O–H groups in total. The van der Waals surface area contributed by atoms with Crippen LogP contribution in [0.3, 0.4) is 0 Å². The van der Waals surface area contributed by atoms with Crippen LogP contribution in [-0.2, 0) is 16.6 Å². The highest BCUT2D eigenvalue weighted by Crippen LogP contribution is 2.28. The number of aromatic nitrogens is 1. The SMILES string of the molecule is CCC[C@@H]1CN(C(=O)C(=O)c2cccn2C)C[C@H]1C(=O)O. The fourth-order valence-corrected chi connectivity index (χ4v) is 2.93.